The van der Waals surface area contributed by atoms with Crippen LogP contribution in [0.5, 0.6) is 11.8 Å². The molecule has 7 nitrogen and oxygen atoms in total. The Morgan fingerprint density at radius 1 is 1.18 bits per heavy atom. The molecule has 0 radical (unpaired) electrons. The van der Waals surface area contributed by atoms with Crippen LogP contribution in [0.25, 0.3) is 0 Å². The second-order valence-electron chi connectivity index (χ2n) is 7.99. The molecule has 1 heterocycles. The molecule has 0 aliphatic rings. The zero-order valence-corrected chi connectivity index (χ0v) is 19.4. The van der Waals surface area contributed by atoms with Crippen molar-refractivity contribution >= 4 is 18.1 Å². The number of nitrogens with zero attached hydrogens (tertiary/aromatic N) is 4. The lowest BCUT2D eigenvalue weighted by molar-refractivity contribution is -0.107. The molecule has 3 aromatic rings. The minimum Gasteiger partial charge on any atom is -0.425 e. The molecule has 2 amide bonds. The maximum Gasteiger partial charge on any atom is 0.304 e. The number of carbonyl (C=O) groups is 2. The summed E-state index contributed by atoms with van der Waals surface area (Å²) in [6, 6.07) is 13.6. The number of imidazole rings is 1. The Bertz CT molecular complexity index is 1110. The molecule has 3 rings (SSSR count). The summed E-state index contributed by atoms with van der Waals surface area (Å²) in [5, 5.41) is 0. The smallest absolute Gasteiger partial charge is 0.304 e. The molecule has 174 valence electrons. The molecule has 0 atom stereocenters. The van der Waals surface area contributed by atoms with Crippen molar-refractivity contribution in [2.24, 2.45) is 0 Å². The number of amides is 2. The fraction of sp³-hybridized carbons (Fsp3) is 0.320. The molecule has 8 heteroatoms. The predicted octanol–water partition coefficient (Wildman–Crippen LogP) is 4.64. The number of halogens is 1. The lowest BCUT2D eigenvalue weighted by Gasteiger charge is -2.20. The van der Waals surface area contributed by atoms with Crippen molar-refractivity contribution in [1.29, 1.82) is 0 Å². The van der Waals surface area contributed by atoms with E-state index in [2.05, 4.69) is 11.9 Å². The van der Waals surface area contributed by atoms with Crippen LogP contribution < -0.4 is 9.64 Å². The van der Waals surface area contributed by atoms with E-state index in [1.165, 1.54) is 24.1 Å². The van der Waals surface area contributed by atoms with Crippen LogP contribution in [0.1, 0.15) is 41.4 Å². The van der Waals surface area contributed by atoms with Crippen LogP contribution in [-0.2, 0) is 11.3 Å². The molecular weight excluding hydrogens is 423 g/mol. The zero-order chi connectivity index (χ0) is 24.0. The molecule has 0 fully saturated rings. The SMILES string of the molecule is CCCCN(C)C(=O)c1c(N(C)C=O)nc(Oc2cccc(C)c2)n1Cc1ccc(F)cc1. The first-order valence-corrected chi connectivity index (χ1v) is 10.9. The van der Waals surface area contributed by atoms with Gasteiger partial charge < -0.3 is 14.5 Å². The summed E-state index contributed by atoms with van der Waals surface area (Å²) in [5.41, 5.74) is 1.99. The van der Waals surface area contributed by atoms with Crippen LogP contribution in [-0.4, -0.2) is 47.4 Å². The second kappa shape index (κ2) is 10.8. The summed E-state index contributed by atoms with van der Waals surface area (Å²) in [4.78, 5) is 32.5. The largest absolute Gasteiger partial charge is 0.425 e. The third-order valence-electron chi connectivity index (χ3n) is 5.26. The van der Waals surface area contributed by atoms with Crippen molar-refractivity contribution in [3.8, 4) is 11.8 Å². The average molecular weight is 453 g/mol. The van der Waals surface area contributed by atoms with Gasteiger partial charge in [-0.05, 0) is 48.7 Å². The van der Waals surface area contributed by atoms with Gasteiger partial charge >= 0.3 is 6.01 Å². The summed E-state index contributed by atoms with van der Waals surface area (Å²) < 4.78 is 21.2. The molecule has 0 bridgehead atoms. The molecule has 33 heavy (non-hydrogen) atoms. The maximum atomic E-state index is 13.5. The van der Waals surface area contributed by atoms with Crippen LogP contribution >= 0.6 is 0 Å². The van der Waals surface area contributed by atoms with E-state index < -0.39 is 0 Å². The zero-order valence-electron chi connectivity index (χ0n) is 19.4. The van der Waals surface area contributed by atoms with Gasteiger partial charge in [-0.25, -0.2) is 4.39 Å². The van der Waals surface area contributed by atoms with Gasteiger partial charge in [0.15, 0.2) is 11.5 Å². The Morgan fingerprint density at radius 2 is 1.91 bits per heavy atom. The lowest BCUT2D eigenvalue weighted by Crippen LogP contribution is -2.31. The summed E-state index contributed by atoms with van der Waals surface area (Å²) in [6.07, 6.45) is 2.39. The van der Waals surface area contributed by atoms with Crippen molar-refractivity contribution in [1.82, 2.24) is 14.5 Å². The van der Waals surface area contributed by atoms with Gasteiger partial charge in [0.05, 0.1) is 6.54 Å². The fourth-order valence-corrected chi connectivity index (χ4v) is 3.39. The van der Waals surface area contributed by atoms with Crippen molar-refractivity contribution in [2.45, 2.75) is 33.2 Å². The third kappa shape index (κ3) is 5.77. The molecule has 0 N–H and O–H groups in total. The van der Waals surface area contributed by atoms with Crippen molar-refractivity contribution < 1.29 is 18.7 Å². The number of rotatable bonds is 10. The molecule has 0 saturated carbocycles. The summed E-state index contributed by atoms with van der Waals surface area (Å²) in [5.74, 6) is 0.126. The number of aryl methyl sites for hydroxylation is 1. The van der Waals surface area contributed by atoms with Crippen molar-refractivity contribution in [2.75, 3.05) is 25.5 Å². The molecule has 2 aromatic carbocycles. The van der Waals surface area contributed by atoms with Gasteiger partial charge in [0.2, 0.25) is 6.41 Å². The Labute approximate surface area is 193 Å². The highest BCUT2D eigenvalue weighted by Crippen LogP contribution is 2.31. The fourth-order valence-electron chi connectivity index (χ4n) is 3.39. The van der Waals surface area contributed by atoms with Crippen LogP contribution in [0.4, 0.5) is 10.2 Å². The van der Waals surface area contributed by atoms with E-state index >= 15 is 0 Å². The van der Waals surface area contributed by atoms with Crippen LogP contribution in [0.15, 0.2) is 48.5 Å². The summed E-state index contributed by atoms with van der Waals surface area (Å²) in [6.45, 7) is 4.77. The van der Waals surface area contributed by atoms with E-state index in [-0.39, 0.29) is 35.8 Å². The molecular formula is C25H29FN4O3. The van der Waals surface area contributed by atoms with E-state index in [9.17, 15) is 14.0 Å². The van der Waals surface area contributed by atoms with Gasteiger partial charge in [-0.1, -0.05) is 37.6 Å². The first-order valence-electron chi connectivity index (χ1n) is 10.9. The number of hydrogen-bond acceptors (Lipinski definition) is 4. The van der Waals surface area contributed by atoms with Gasteiger partial charge in [0.1, 0.15) is 11.6 Å². The highest BCUT2D eigenvalue weighted by atomic mass is 19.1. The topological polar surface area (TPSA) is 67.7 Å². The number of carbonyl (C=O) groups excluding carboxylic acids is 2. The molecule has 0 aliphatic heterocycles. The third-order valence-corrected chi connectivity index (χ3v) is 5.26. The Kier molecular flexibility index (Phi) is 7.82. The maximum absolute atomic E-state index is 13.5. The van der Waals surface area contributed by atoms with Crippen LogP contribution in [0, 0.1) is 12.7 Å². The number of hydrogen-bond donors (Lipinski definition) is 0. The first kappa shape index (κ1) is 24.0. The molecule has 0 unspecified atom stereocenters. The minimum absolute atomic E-state index is 0.167. The van der Waals surface area contributed by atoms with Gasteiger partial charge in [-0.3, -0.25) is 14.2 Å². The van der Waals surface area contributed by atoms with Crippen molar-refractivity contribution in [3.63, 3.8) is 0 Å². The quantitative estimate of drug-likeness (QED) is 0.421. The van der Waals surface area contributed by atoms with Gasteiger partial charge in [-0.2, -0.15) is 4.98 Å². The number of benzene rings is 2. The molecule has 0 saturated heterocycles. The molecule has 1 aromatic heterocycles. The van der Waals surface area contributed by atoms with E-state index in [4.69, 9.17) is 4.74 Å². The summed E-state index contributed by atoms with van der Waals surface area (Å²) in [7, 11) is 3.26. The predicted molar refractivity (Wildman–Crippen MR) is 125 cm³/mol. The van der Waals surface area contributed by atoms with E-state index in [0.717, 1.165) is 24.0 Å². The normalized spacial score (nSPS) is 10.7. The Balaban J connectivity index is 2.13. The van der Waals surface area contributed by atoms with E-state index in [1.54, 1.807) is 34.7 Å². The number of aromatic nitrogens is 2. The Morgan fingerprint density at radius 3 is 2.55 bits per heavy atom. The number of ether oxygens (including phenoxy) is 1. The second-order valence-corrected chi connectivity index (χ2v) is 7.99. The van der Waals surface area contributed by atoms with E-state index in [1.807, 2.05) is 25.1 Å². The molecule has 0 spiro atoms. The van der Waals surface area contributed by atoms with Gasteiger partial charge in [0.25, 0.3) is 5.91 Å². The highest BCUT2D eigenvalue weighted by molar-refractivity contribution is 5.99. The van der Waals surface area contributed by atoms with Gasteiger partial charge in [-0.15, -0.1) is 0 Å². The first-order chi connectivity index (χ1) is 15.8. The lowest BCUT2D eigenvalue weighted by atomic mass is 10.2. The Hall–Kier alpha value is -3.68. The average Bonchev–Trinajstić information content (AvgIpc) is 3.15. The van der Waals surface area contributed by atoms with Gasteiger partial charge in [0, 0.05) is 20.6 Å². The molecule has 0 aliphatic carbocycles. The number of unbranched alkanes of at least 4 members (excludes halogenated alkanes) is 1. The number of anilines is 1. The van der Waals surface area contributed by atoms with Crippen LogP contribution in [0.3, 0.4) is 0 Å². The highest BCUT2D eigenvalue weighted by Gasteiger charge is 2.29. The minimum atomic E-state index is -0.349. The van der Waals surface area contributed by atoms with Crippen molar-refractivity contribution in [3.05, 3.63) is 71.2 Å². The summed E-state index contributed by atoms with van der Waals surface area (Å²) >= 11 is 0. The standard InChI is InChI=1S/C25H29FN4O3/c1-5-6-14-28(3)24(32)22-23(29(4)17-31)27-25(33-21-9-7-8-18(2)15-21)30(22)16-19-10-12-20(26)13-11-19/h7-13,15,17H,5-6,14,16H2,1-4H3. The monoisotopic (exact) mass is 452 g/mol. The van der Waals surface area contributed by atoms with Crippen LogP contribution in [0.2, 0.25) is 0 Å². The van der Waals surface area contributed by atoms with E-state index in [0.29, 0.717) is 18.7 Å².